The van der Waals surface area contributed by atoms with Crippen molar-refractivity contribution in [2.24, 2.45) is 4.99 Å². The molecule has 0 bridgehead atoms. The highest BCUT2D eigenvalue weighted by molar-refractivity contribution is 14.0. The number of halogens is 1. The Morgan fingerprint density at radius 2 is 2.11 bits per heavy atom. The number of nitrogens with zero attached hydrogens (tertiary/aromatic N) is 2. The maximum atomic E-state index is 4.36. The van der Waals surface area contributed by atoms with Crippen LogP contribution in [0.5, 0.6) is 0 Å². The quantitative estimate of drug-likeness (QED) is 0.300. The zero-order valence-electron chi connectivity index (χ0n) is 15.5. The van der Waals surface area contributed by atoms with Crippen LogP contribution in [0.4, 0.5) is 0 Å². The summed E-state index contributed by atoms with van der Waals surface area (Å²) < 4.78 is 0. The van der Waals surface area contributed by atoms with Gasteiger partial charge in [0.2, 0.25) is 0 Å². The predicted octanol–water partition coefficient (Wildman–Crippen LogP) is 3.62. The molecule has 1 aromatic carbocycles. The van der Waals surface area contributed by atoms with E-state index in [1.54, 1.807) is 0 Å². The van der Waals surface area contributed by atoms with Gasteiger partial charge < -0.3 is 15.6 Å². The van der Waals surface area contributed by atoms with Gasteiger partial charge in [0.15, 0.2) is 5.96 Å². The number of rotatable bonds is 5. The molecule has 1 aliphatic rings. The Balaban J connectivity index is 0.00000210. The highest BCUT2D eigenvalue weighted by Crippen LogP contribution is 2.32. The van der Waals surface area contributed by atoms with Gasteiger partial charge in [-0.15, -0.1) is 24.0 Å². The molecule has 1 atom stereocenters. The van der Waals surface area contributed by atoms with Gasteiger partial charge in [-0.2, -0.15) is 0 Å². The van der Waals surface area contributed by atoms with Crippen LogP contribution in [0.25, 0.3) is 11.0 Å². The fraction of sp³-hybridized carbons (Fsp3) is 0.333. The van der Waals surface area contributed by atoms with Gasteiger partial charge in [-0.3, -0.25) is 4.99 Å². The van der Waals surface area contributed by atoms with Gasteiger partial charge in [0.05, 0.1) is 0 Å². The zero-order valence-corrected chi connectivity index (χ0v) is 17.9. The van der Waals surface area contributed by atoms with Gasteiger partial charge in [-0.05, 0) is 48.1 Å². The van der Waals surface area contributed by atoms with Crippen molar-refractivity contribution in [2.75, 3.05) is 20.1 Å². The number of aromatic amines is 1. The number of hydrogen-bond donors (Lipinski definition) is 3. The van der Waals surface area contributed by atoms with Gasteiger partial charge in [0, 0.05) is 43.8 Å². The van der Waals surface area contributed by atoms with Crippen LogP contribution >= 0.6 is 24.0 Å². The van der Waals surface area contributed by atoms with Crippen molar-refractivity contribution >= 4 is 41.0 Å². The van der Waals surface area contributed by atoms with Crippen molar-refractivity contribution in [1.82, 2.24) is 20.6 Å². The highest BCUT2D eigenvalue weighted by Gasteiger charge is 2.21. The van der Waals surface area contributed by atoms with Crippen molar-refractivity contribution in [1.29, 1.82) is 0 Å². The number of aromatic nitrogens is 2. The molecule has 1 unspecified atom stereocenters. The first-order valence-electron chi connectivity index (χ1n) is 9.28. The molecule has 1 aliphatic carbocycles. The van der Waals surface area contributed by atoms with E-state index in [0.29, 0.717) is 5.92 Å². The monoisotopic (exact) mass is 475 g/mol. The highest BCUT2D eigenvalue weighted by atomic mass is 127. The molecule has 0 spiro atoms. The third-order valence-corrected chi connectivity index (χ3v) is 5.22. The minimum Gasteiger partial charge on any atom is -0.356 e. The minimum absolute atomic E-state index is 0. The number of aliphatic imine (C=N–C) groups is 1. The van der Waals surface area contributed by atoms with E-state index in [-0.39, 0.29) is 24.0 Å². The maximum absolute atomic E-state index is 4.36. The van der Waals surface area contributed by atoms with Gasteiger partial charge >= 0.3 is 0 Å². The Bertz CT molecular complexity index is 918. The van der Waals surface area contributed by atoms with E-state index >= 15 is 0 Å². The molecule has 0 radical (unpaired) electrons. The van der Waals surface area contributed by atoms with E-state index < -0.39 is 0 Å². The number of fused-ring (bicyclic) bond motifs is 2. The van der Waals surface area contributed by atoms with Crippen LogP contribution in [-0.2, 0) is 12.8 Å². The normalized spacial score (nSPS) is 16.0. The first-order chi connectivity index (χ1) is 12.8. The third-order valence-electron chi connectivity index (χ3n) is 5.22. The van der Waals surface area contributed by atoms with E-state index in [9.17, 15) is 0 Å². The molecule has 0 saturated heterocycles. The summed E-state index contributed by atoms with van der Waals surface area (Å²) in [5, 5.41) is 8.11. The number of nitrogens with one attached hydrogen (secondary N) is 3. The van der Waals surface area contributed by atoms with E-state index in [1.165, 1.54) is 34.9 Å². The molecule has 5 nitrogen and oxygen atoms in total. The predicted molar refractivity (Wildman–Crippen MR) is 122 cm³/mol. The summed E-state index contributed by atoms with van der Waals surface area (Å²) in [5.74, 6) is 1.44. The van der Waals surface area contributed by atoms with E-state index in [4.69, 9.17) is 0 Å². The first-order valence-corrected chi connectivity index (χ1v) is 9.28. The Labute approximate surface area is 177 Å². The van der Waals surface area contributed by atoms with Gasteiger partial charge in [0.1, 0.15) is 5.65 Å². The average Bonchev–Trinajstić information content (AvgIpc) is 3.29. The van der Waals surface area contributed by atoms with Crippen molar-refractivity contribution in [2.45, 2.75) is 25.2 Å². The molecular weight excluding hydrogens is 449 g/mol. The standard InChI is InChI=1S/C21H25N5.HI/c1-22-21(26-14-16-9-8-15-5-2-3-6-18(15)16)24-12-10-17-13-25-20-19(17)7-4-11-23-20;/h2-7,11,13,16H,8-10,12,14H2,1H3,(H,23,25)(H2,22,24,26);1H. The van der Waals surface area contributed by atoms with E-state index in [1.807, 2.05) is 25.5 Å². The summed E-state index contributed by atoms with van der Waals surface area (Å²) in [6.45, 7) is 1.76. The maximum Gasteiger partial charge on any atom is 0.191 e. The van der Waals surface area contributed by atoms with Crippen molar-refractivity contribution in [3.05, 3.63) is 65.5 Å². The van der Waals surface area contributed by atoms with Crippen LogP contribution in [0.15, 0.2) is 53.8 Å². The second-order valence-electron chi connectivity index (χ2n) is 6.78. The van der Waals surface area contributed by atoms with Gasteiger partial charge in [0.25, 0.3) is 0 Å². The number of benzene rings is 1. The Kier molecular flexibility index (Phi) is 6.71. The molecule has 2 heterocycles. The molecule has 3 aromatic rings. The second kappa shape index (κ2) is 9.21. The lowest BCUT2D eigenvalue weighted by Crippen LogP contribution is -2.40. The lowest BCUT2D eigenvalue weighted by atomic mass is 10.0. The number of guanidine groups is 1. The lowest BCUT2D eigenvalue weighted by Gasteiger charge is -2.16. The Hall–Kier alpha value is -2.09. The molecule has 6 heteroatoms. The van der Waals surface area contributed by atoms with Crippen LogP contribution in [0.2, 0.25) is 0 Å². The first kappa shape index (κ1) is 19.7. The molecule has 2 aromatic heterocycles. The topological polar surface area (TPSA) is 65.1 Å². The molecule has 3 N–H and O–H groups in total. The second-order valence-corrected chi connectivity index (χ2v) is 6.78. The largest absolute Gasteiger partial charge is 0.356 e. The summed E-state index contributed by atoms with van der Waals surface area (Å²) in [5.41, 5.74) is 5.21. The van der Waals surface area contributed by atoms with Crippen molar-refractivity contribution in [3.63, 3.8) is 0 Å². The number of pyridine rings is 1. The molecule has 4 rings (SSSR count). The Morgan fingerprint density at radius 1 is 1.22 bits per heavy atom. The number of aryl methyl sites for hydroxylation is 1. The number of H-pyrrole nitrogens is 1. The van der Waals surface area contributed by atoms with Crippen LogP contribution in [0, 0.1) is 0 Å². The summed E-state index contributed by atoms with van der Waals surface area (Å²) in [6, 6.07) is 12.9. The summed E-state index contributed by atoms with van der Waals surface area (Å²) >= 11 is 0. The Morgan fingerprint density at radius 3 is 3.00 bits per heavy atom. The summed E-state index contributed by atoms with van der Waals surface area (Å²) in [7, 11) is 1.83. The third kappa shape index (κ3) is 4.43. The zero-order chi connectivity index (χ0) is 17.8. The smallest absolute Gasteiger partial charge is 0.191 e. The van der Waals surface area contributed by atoms with Gasteiger partial charge in [-0.1, -0.05) is 24.3 Å². The molecular formula is C21H26IN5. The fourth-order valence-electron chi connectivity index (χ4n) is 3.83. The molecule has 142 valence electrons. The van der Waals surface area contributed by atoms with Crippen LogP contribution in [0.3, 0.4) is 0 Å². The molecule has 27 heavy (non-hydrogen) atoms. The minimum atomic E-state index is 0. The van der Waals surface area contributed by atoms with Crippen molar-refractivity contribution < 1.29 is 0 Å². The molecule has 0 fully saturated rings. The fourth-order valence-corrected chi connectivity index (χ4v) is 3.83. The lowest BCUT2D eigenvalue weighted by molar-refractivity contribution is 0.641. The average molecular weight is 475 g/mol. The van der Waals surface area contributed by atoms with Crippen LogP contribution in [0.1, 0.15) is 29.0 Å². The van der Waals surface area contributed by atoms with Crippen LogP contribution in [-0.4, -0.2) is 36.1 Å². The van der Waals surface area contributed by atoms with Gasteiger partial charge in [-0.25, -0.2) is 4.98 Å². The SMILES string of the molecule is CN=C(NCCc1c[nH]c2ncccc12)NCC1CCc2ccccc21.I. The van der Waals surface area contributed by atoms with E-state index in [2.05, 4.69) is 55.9 Å². The summed E-state index contributed by atoms with van der Waals surface area (Å²) in [4.78, 5) is 11.9. The van der Waals surface area contributed by atoms with Crippen LogP contribution < -0.4 is 10.6 Å². The molecule has 0 saturated carbocycles. The van der Waals surface area contributed by atoms with Crippen molar-refractivity contribution in [3.8, 4) is 0 Å². The molecule has 0 aliphatic heterocycles. The number of hydrogen-bond acceptors (Lipinski definition) is 2. The molecule has 0 amide bonds. The van der Waals surface area contributed by atoms with E-state index in [0.717, 1.165) is 31.1 Å². The summed E-state index contributed by atoms with van der Waals surface area (Å²) in [6.07, 6.45) is 7.19.